The Labute approximate surface area is 137 Å². The quantitative estimate of drug-likeness (QED) is 0.425. The maximum absolute atomic E-state index is 12.1. The number of hydrogen-bond acceptors (Lipinski definition) is 7. The monoisotopic (exact) mass is 351 g/mol. The fraction of sp³-hybridized carbons (Fsp3) is 0.0714. The molecule has 0 atom stereocenters. The summed E-state index contributed by atoms with van der Waals surface area (Å²) in [4.78, 5) is 11.7. The highest BCUT2D eigenvalue weighted by molar-refractivity contribution is 7.89. The zero-order chi connectivity index (χ0) is 17.9. The number of nitro groups is 1. The molecule has 0 aliphatic carbocycles. The Morgan fingerprint density at radius 2 is 1.79 bits per heavy atom. The van der Waals surface area contributed by atoms with E-state index in [2.05, 4.69) is 5.10 Å². The van der Waals surface area contributed by atoms with Gasteiger partial charge in [-0.25, -0.2) is 0 Å². The van der Waals surface area contributed by atoms with E-state index in [1.807, 2.05) is 4.83 Å². The van der Waals surface area contributed by atoms with Crippen LogP contribution >= 0.6 is 0 Å². The topological polar surface area (TPSA) is 142 Å². The summed E-state index contributed by atoms with van der Waals surface area (Å²) in [7, 11) is -4.02. The van der Waals surface area contributed by atoms with Gasteiger partial charge in [-0.15, -0.1) is 0 Å². The van der Waals surface area contributed by atoms with Crippen molar-refractivity contribution in [3.8, 4) is 11.5 Å². The van der Waals surface area contributed by atoms with Crippen molar-refractivity contribution in [1.82, 2.24) is 4.83 Å². The third-order valence-corrected chi connectivity index (χ3v) is 4.29. The molecule has 0 saturated carbocycles. The molecule has 0 unspecified atom stereocenters. The molecule has 0 radical (unpaired) electrons. The van der Waals surface area contributed by atoms with Crippen molar-refractivity contribution in [2.24, 2.45) is 5.10 Å². The van der Waals surface area contributed by atoms with E-state index < -0.39 is 14.9 Å². The minimum absolute atomic E-state index is 0.143. The van der Waals surface area contributed by atoms with E-state index in [0.29, 0.717) is 0 Å². The van der Waals surface area contributed by atoms with Crippen LogP contribution in [0.5, 0.6) is 11.5 Å². The molecule has 0 bridgehead atoms. The van der Waals surface area contributed by atoms with Crippen LogP contribution < -0.4 is 4.83 Å². The van der Waals surface area contributed by atoms with Gasteiger partial charge in [-0.05, 0) is 31.2 Å². The van der Waals surface area contributed by atoms with Crippen LogP contribution in [0.25, 0.3) is 0 Å². The summed E-state index contributed by atoms with van der Waals surface area (Å²) in [6.45, 7) is 1.46. The molecular formula is C14H13N3O6S. The number of benzene rings is 2. The Balaban J connectivity index is 2.23. The van der Waals surface area contributed by atoms with E-state index in [-0.39, 0.29) is 33.4 Å². The number of nitro benzene ring substituents is 1. The van der Waals surface area contributed by atoms with Gasteiger partial charge in [0.15, 0.2) is 0 Å². The molecule has 0 aliphatic rings. The Kier molecular flexibility index (Phi) is 4.69. The predicted octanol–water partition coefficient (Wildman–Crippen LogP) is 1.71. The molecule has 126 valence electrons. The minimum atomic E-state index is -4.02. The van der Waals surface area contributed by atoms with Crippen LogP contribution in [-0.4, -0.2) is 29.3 Å². The lowest BCUT2D eigenvalue weighted by atomic mass is 10.1. The number of hydrogen-bond donors (Lipinski definition) is 3. The summed E-state index contributed by atoms with van der Waals surface area (Å²) >= 11 is 0. The van der Waals surface area contributed by atoms with Gasteiger partial charge in [-0.2, -0.15) is 18.4 Å². The molecule has 3 N–H and O–H groups in total. The van der Waals surface area contributed by atoms with E-state index in [9.17, 15) is 28.7 Å². The number of hydrazone groups is 1. The van der Waals surface area contributed by atoms with Crippen molar-refractivity contribution >= 4 is 21.4 Å². The van der Waals surface area contributed by atoms with E-state index >= 15 is 0 Å². The molecule has 0 aromatic heterocycles. The molecule has 10 heteroatoms. The van der Waals surface area contributed by atoms with Crippen LogP contribution in [0, 0.1) is 10.1 Å². The number of sulfonamides is 1. The van der Waals surface area contributed by atoms with E-state index in [4.69, 9.17) is 0 Å². The van der Waals surface area contributed by atoms with Crippen LogP contribution in [0.15, 0.2) is 52.5 Å². The van der Waals surface area contributed by atoms with Gasteiger partial charge in [0.25, 0.3) is 15.7 Å². The highest BCUT2D eigenvalue weighted by Crippen LogP contribution is 2.23. The molecule has 0 spiro atoms. The lowest BCUT2D eigenvalue weighted by Crippen LogP contribution is -2.20. The van der Waals surface area contributed by atoms with Gasteiger partial charge < -0.3 is 10.2 Å². The normalized spacial score (nSPS) is 12.0. The first-order valence-electron chi connectivity index (χ1n) is 6.53. The van der Waals surface area contributed by atoms with Gasteiger partial charge in [0.05, 0.1) is 15.5 Å². The van der Waals surface area contributed by atoms with Gasteiger partial charge >= 0.3 is 0 Å². The zero-order valence-electron chi connectivity index (χ0n) is 12.4. The van der Waals surface area contributed by atoms with Gasteiger partial charge in [0.2, 0.25) is 0 Å². The van der Waals surface area contributed by atoms with Crippen molar-refractivity contribution < 1.29 is 23.6 Å². The van der Waals surface area contributed by atoms with Crippen molar-refractivity contribution in [2.75, 3.05) is 0 Å². The molecule has 0 saturated heterocycles. The molecule has 0 aliphatic heterocycles. The summed E-state index contributed by atoms with van der Waals surface area (Å²) in [6, 6.07) is 8.10. The molecule has 2 aromatic carbocycles. The summed E-state index contributed by atoms with van der Waals surface area (Å²) in [6.07, 6.45) is 0. The number of aromatic hydroxyl groups is 2. The highest BCUT2D eigenvalue weighted by atomic mass is 32.2. The lowest BCUT2D eigenvalue weighted by molar-refractivity contribution is -0.384. The second kappa shape index (κ2) is 6.54. The summed E-state index contributed by atoms with van der Waals surface area (Å²) in [5.74, 6) is -0.402. The molecule has 0 heterocycles. The second-order valence-corrected chi connectivity index (χ2v) is 6.41. The number of nitrogens with zero attached hydrogens (tertiary/aromatic N) is 2. The Hall–Kier alpha value is -3.14. The number of nitrogens with one attached hydrogen (secondary N) is 1. The smallest absolute Gasteiger partial charge is 0.276 e. The molecule has 9 nitrogen and oxygen atoms in total. The second-order valence-electron chi connectivity index (χ2n) is 4.74. The standard InChI is InChI=1S/C14H13N3O6S/c1-9(13-7-4-11(18)8-14(13)19)15-16-24(22,23)12-5-2-10(3-6-12)17(20)21/h2-8,16,18-19H,1H3. The molecule has 0 fully saturated rings. The number of non-ortho nitro benzene ring substituents is 1. The maximum Gasteiger partial charge on any atom is 0.276 e. The van der Waals surface area contributed by atoms with Gasteiger partial charge in [-0.3, -0.25) is 10.1 Å². The Morgan fingerprint density at radius 3 is 2.33 bits per heavy atom. The Morgan fingerprint density at radius 1 is 1.17 bits per heavy atom. The van der Waals surface area contributed by atoms with Crippen molar-refractivity contribution in [3.05, 3.63) is 58.1 Å². The fourth-order valence-corrected chi connectivity index (χ4v) is 2.67. The summed E-state index contributed by atoms with van der Waals surface area (Å²) in [5.41, 5.74) is 0.167. The van der Waals surface area contributed by atoms with E-state index in [0.717, 1.165) is 30.3 Å². The van der Waals surface area contributed by atoms with Gasteiger partial charge in [0, 0.05) is 23.8 Å². The van der Waals surface area contributed by atoms with Crippen LogP contribution in [0.3, 0.4) is 0 Å². The average Bonchev–Trinajstić information content (AvgIpc) is 2.53. The molecule has 2 rings (SSSR count). The van der Waals surface area contributed by atoms with Crippen LogP contribution in [0.2, 0.25) is 0 Å². The third kappa shape index (κ3) is 3.79. The maximum atomic E-state index is 12.1. The molecular weight excluding hydrogens is 338 g/mol. The van der Waals surface area contributed by atoms with Crippen molar-refractivity contribution in [1.29, 1.82) is 0 Å². The molecule has 0 amide bonds. The van der Waals surface area contributed by atoms with Crippen LogP contribution in [0.1, 0.15) is 12.5 Å². The fourth-order valence-electron chi connectivity index (χ4n) is 1.81. The third-order valence-electron chi connectivity index (χ3n) is 3.06. The first-order valence-corrected chi connectivity index (χ1v) is 8.02. The van der Waals surface area contributed by atoms with Crippen molar-refractivity contribution in [3.63, 3.8) is 0 Å². The van der Waals surface area contributed by atoms with Gasteiger partial charge in [-0.1, -0.05) is 0 Å². The zero-order valence-corrected chi connectivity index (χ0v) is 13.2. The van der Waals surface area contributed by atoms with Crippen molar-refractivity contribution in [2.45, 2.75) is 11.8 Å². The average molecular weight is 351 g/mol. The highest BCUT2D eigenvalue weighted by Gasteiger charge is 2.15. The van der Waals surface area contributed by atoms with Gasteiger partial charge in [0.1, 0.15) is 11.5 Å². The summed E-state index contributed by atoms with van der Waals surface area (Å²) in [5, 5.41) is 33.2. The van der Waals surface area contributed by atoms with E-state index in [1.165, 1.54) is 19.1 Å². The summed E-state index contributed by atoms with van der Waals surface area (Å²) < 4.78 is 24.2. The number of phenols is 2. The van der Waals surface area contributed by atoms with E-state index in [1.54, 1.807) is 0 Å². The number of rotatable bonds is 5. The Bertz CT molecular complexity index is 907. The number of phenolic OH excluding ortho intramolecular Hbond substituents is 2. The van der Waals surface area contributed by atoms with Crippen LogP contribution in [-0.2, 0) is 10.0 Å². The first-order chi connectivity index (χ1) is 11.2. The molecule has 24 heavy (non-hydrogen) atoms. The largest absolute Gasteiger partial charge is 0.508 e. The SMILES string of the molecule is CC(=NNS(=O)(=O)c1ccc([N+](=O)[O-])cc1)c1ccc(O)cc1O. The predicted molar refractivity (Wildman–Crippen MR) is 85.4 cm³/mol. The minimum Gasteiger partial charge on any atom is -0.508 e. The lowest BCUT2D eigenvalue weighted by Gasteiger charge is -2.07. The van der Waals surface area contributed by atoms with Crippen LogP contribution in [0.4, 0.5) is 5.69 Å². The first kappa shape index (κ1) is 17.2. The molecule has 2 aromatic rings.